The number of hydrogen-bond donors (Lipinski definition) is 0. The average molecular weight is 353 g/mol. The number of para-hydroxylation sites is 1. The summed E-state index contributed by atoms with van der Waals surface area (Å²) in [6.45, 7) is 2.19. The third-order valence-electron chi connectivity index (χ3n) is 5.04. The Labute approximate surface area is 154 Å². The molecule has 2 aromatic carbocycles. The Morgan fingerprint density at radius 1 is 1.16 bits per heavy atom. The first-order valence-electron chi connectivity index (χ1n) is 8.99. The summed E-state index contributed by atoms with van der Waals surface area (Å²) in [7, 11) is 0. The second kappa shape index (κ2) is 7.12. The van der Waals surface area contributed by atoms with E-state index in [4.69, 9.17) is 9.84 Å². The highest BCUT2D eigenvalue weighted by atomic mass is 32.2. The summed E-state index contributed by atoms with van der Waals surface area (Å²) in [5, 5.41) is 7.18. The van der Waals surface area contributed by atoms with E-state index in [0.717, 1.165) is 30.8 Å². The van der Waals surface area contributed by atoms with Gasteiger partial charge in [0.05, 0.1) is 11.8 Å². The summed E-state index contributed by atoms with van der Waals surface area (Å²) in [5.41, 5.74) is 5.02. The van der Waals surface area contributed by atoms with Gasteiger partial charge in [-0.3, -0.25) is 5.01 Å². The summed E-state index contributed by atoms with van der Waals surface area (Å²) < 4.78 is 6.27. The molecule has 2 aliphatic rings. The van der Waals surface area contributed by atoms with Crippen LogP contribution in [-0.2, 0) is 6.42 Å². The lowest BCUT2D eigenvalue weighted by molar-refractivity contribution is -0.0180. The van der Waals surface area contributed by atoms with Gasteiger partial charge in [0, 0.05) is 18.4 Å². The normalized spacial score (nSPS) is 21.4. The predicted molar refractivity (Wildman–Crippen MR) is 105 cm³/mol. The van der Waals surface area contributed by atoms with Crippen molar-refractivity contribution in [3.63, 3.8) is 0 Å². The first-order chi connectivity index (χ1) is 12.3. The highest BCUT2D eigenvalue weighted by Gasteiger charge is 2.39. The number of rotatable bonds is 5. The quantitative estimate of drug-likeness (QED) is 0.767. The Hall–Kier alpha value is -1.94. The van der Waals surface area contributed by atoms with Crippen LogP contribution in [-0.4, -0.2) is 29.0 Å². The molecule has 0 aliphatic carbocycles. The number of benzene rings is 2. The number of hydrazone groups is 1. The smallest absolute Gasteiger partial charge is 0.188 e. The SMILES string of the molecule is CCc1ccc(C2=NN3[C@H](CCSC)Oc4ccccc4[C@@H]3C2)cc1. The molecule has 0 aromatic heterocycles. The molecular weight excluding hydrogens is 328 g/mol. The van der Waals surface area contributed by atoms with Gasteiger partial charge in [-0.25, -0.2) is 0 Å². The third-order valence-corrected chi connectivity index (χ3v) is 5.69. The van der Waals surface area contributed by atoms with E-state index in [0.29, 0.717) is 0 Å². The minimum absolute atomic E-state index is 0.0276. The molecule has 2 heterocycles. The summed E-state index contributed by atoms with van der Waals surface area (Å²) in [6.07, 6.45) is 5.17. The first kappa shape index (κ1) is 16.5. The molecule has 3 nitrogen and oxygen atoms in total. The van der Waals surface area contributed by atoms with E-state index < -0.39 is 0 Å². The molecule has 0 unspecified atom stereocenters. The Morgan fingerprint density at radius 2 is 1.96 bits per heavy atom. The third kappa shape index (κ3) is 3.15. The monoisotopic (exact) mass is 352 g/mol. The molecule has 0 radical (unpaired) electrons. The second-order valence-electron chi connectivity index (χ2n) is 6.59. The molecule has 4 rings (SSSR count). The van der Waals surface area contributed by atoms with Crippen LogP contribution in [0.15, 0.2) is 53.6 Å². The Kier molecular flexibility index (Phi) is 4.71. The van der Waals surface area contributed by atoms with E-state index in [-0.39, 0.29) is 12.3 Å². The highest BCUT2D eigenvalue weighted by molar-refractivity contribution is 7.98. The first-order valence-corrected chi connectivity index (χ1v) is 10.4. The maximum Gasteiger partial charge on any atom is 0.188 e. The molecule has 130 valence electrons. The van der Waals surface area contributed by atoms with Crippen molar-refractivity contribution in [3.05, 3.63) is 65.2 Å². The Morgan fingerprint density at radius 3 is 2.72 bits per heavy atom. The van der Waals surface area contributed by atoms with Gasteiger partial charge in [0.2, 0.25) is 0 Å². The zero-order valence-electron chi connectivity index (χ0n) is 14.8. The average Bonchev–Trinajstić information content (AvgIpc) is 3.12. The number of hydrogen-bond acceptors (Lipinski definition) is 4. The maximum absolute atomic E-state index is 6.27. The fourth-order valence-corrected chi connectivity index (χ4v) is 4.06. The summed E-state index contributed by atoms with van der Waals surface area (Å²) in [5.74, 6) is 2.10. The largest absolute Gasteiger partial charge is 0.469 e. The molecule has 0 spiro atoms. The Balaban J connectivity index is 1.65. The van der Waals surface area contributed by atoms with Gasteiger partial charge < -0.3 is 4.74 Å². The van der Waals surface area contributed by atoms with Crippen molar-refractivity contribution < 1.29 is 4.74 Å². The standard InChI is InChI=1S/C21H24N2OS/c1-3-15-8-10-16(11-9-15)18-14-19-17-6-4-5-7-20(17)24-21(12-13-25-2)23(19)22-18/h4-11,19,21H,3,12-14H2,1-2H3/t19-,21-/m0/s1. The summed E-state index contributed by atoms with van der Waals surface area (Å²) in [4.78, 5) is 0. The van der Waals surface area contributed by atoms with Crippen molar-refractivity contribution in [1.29, 1.82) is 0 Å². The molecule has 4 heteroatoms. The molecule has 25 heavy (non-hydrogen) atoms. The van der Waals surface area contributed by atoms with Crippen LogP contribution in [0.25, 0.3) is 0 Å². The van der Waals surface area contributed by atoms with Gasteiger partial charge in [0.25, 0.3) is 0 Å². The molecule has 2 aromatic rings. The van der Waals surface area contributed by atoms with E-state index in [1.165, 1.54) is 22.4 Å². The van der Waals surface area contributed by atoms with Crippen molar-refractivity contribution in [2.45, 2.75) is 38.5 Å². The van der Waals surface area contributed by atoms with E-state index in [2.05, 4.69) is 66.7 Å². The highest BCUT2D eigenvalue weighted by Crippen LogP contribution is 2.43. The molecule has 2 aliphatic heterocycles. The minimum atomic E-state index is 0.0276. The molecule has 0 fully saturated rings. The maximum atomic E-state index is 6.27. The van der Waals surface area contributed by atoms with Crippen LogP contribution in [0.4, 0.5) is 0 Å². The molecule has 0 bridgehead atoms. The van der Waals surface area contributed by atoms with Gasteiger partial charge in [-0.15, -0.1) is 0 Å². The van der Waals surface area contributed by atoms with Crippen LogP contribution < -0.4 is 4.74 Å². The molecular formula is C21H24N2OS. The van der Waals surface area contributed by atoms with E-state index in [1.807, 2.05) is 11.8 Å². The van der Waals surface area contributed by atoms with Crippen molar-refractivity contribution in [1.82, 2.24) is 5.01 Å². The lowest BCUT2D eigenvalue weighted by atomic mass is 9.96. The Bertz CT molecular complexity index is 772. The number of nitrogens with zero attached hydrogens (tertiary/aromatic N) is 2. The zero-order valence-corrected chi connectivity index (χ0v) is 15.6. The number of fused-ring (bicyclic) bond motifs is 3. The van der Waals surface area contributed by atoms with Gasteiger partial charge in [0.15, 0.2) is 6.23 Å². The van der Waals surface area contributed by atoms with Crippen LogP contribution in [0.3, 0.4) is 0 Å². The number of aryl methyl sites for hydroxylation is 1. The lowest BCUT2D eigenvalue weighted by Gasteiger charge is -2.38. The van der Waals surface area contributed by atoms with Gasteiger partial charge in [-0.2, -0.15) is 16.9 Å². The van der Waals surface area contributed by atoms with E-state index in [9.17, 15) is 0 Å². The van der Waals surface area contributed by atoms with Crippen LogP contribution in [0.5, 0.6) is 5.75 Å². The van der Waals surface area contributed by atoms with Gasteiger partial charge in [-0.1, -0.05) is 49.4 Å². The van der Waals surface area contributed by atoms with Gasteiger partial charge in [-0.05, 0) is 35.6 Å². The number of ether oxygens (including phenoxy) is 1. The molecule has 0 amide bonds. The van der Waals surface area contributed by atoms with Crippen LogP contribution in [0.2, 0.25) is 0 Å². The van der Waals surface area contributed by atoms with Crippen LogP contribution in [0.1, 0.15) is 42.5 Å². The van der Waals surface area contributed by atoms with Crippen molar-refractivity contribution in [2.24, 2.45) is 5.10 Å². The molecule has 2 atom stereocenters. The van der Waals surface area contributed by atoms with Crippen LogP contribution >= 0.6 is 11.8 Å². The van der Waals surface area contributed by atoms with Gasteiger partial charge in [0.1, 0.15) is 5.75 Å². The zero-order chi connectivity index (χ0) is 17.2. The van der Waals surface area contributed by atoms with Crippen LogP contribution in [0, 0.1) is 0 Å². The fraction of sp³-hybridized carbons (Fsp3) is 0.381. The van der Waals surface area contributed by atoms with E-state index >= 15 is 0 Å². The van der Waals surface area contributed by atoms with Crippen molar-refractivity contribution in [3.8, 4) is 5.75 Å². The molecule has 0 saturated carbocycles. The van der Waals surface area contributed by atoms with Gasteiger partial charge >= 0.3 is 0 Å². The van der Waals surface area contributed by atoms with Crippen molar-refractivity contribution >= 4 is 17.5 Å². The second-order valence-corrected chi connectivity index (χ2v) is 7.57. The molecule has 0 N–H and O–H groups in total. The topological polar surface area (TPSA) is 24.8 Å². The van der Waals surface area contributed by atoms with Crippen molar-refractivity contribution in [2.75, 3.05) is 12.0 Å². The number of thioether (sulfide) groups is 1. The molecule has 0 saturated heterocycles. The minimum Gasteiger partial charge on any atom is -0.469 e. The fourth-order valence-electron chi connectivity index (χ4n) is 3.63. The summed E-state index contributed by atoms with van der Waals surface area (Å²) >= 11 is 1.86. The predicted octanol–water partition coefficient (Wildman–Crippen LogP) is 4.87. The summed E-state index contributed by atoms with van der Waals surface area (Å²) in [6, 6.07) is 17.5. The van der Waals surface area contributed by atoms with E-state index in [1.54, 1.807) is 0 Å². The lowest BCUT2D eigenvalue weighted by Crippen LogP contribution is -2.40.